The van der Waals surface area contributed by atoms with E-state index in [4.69, 9.17) is 0 Å². The van der Waals surface area contributed by atoms with Crippen LogP contribution in [0.25, 0.3) is 0 Å². The minimum absolute atomic E-state index is 0.139. The maximum Gasteiger partial charge on any atom is 0.168 e. The molecule has 0 aromatic carbocycles. The Bertz CT molecular complexity index is 530. The first-order valence-corrected chi connectivity index (χ1v) is 6.88. The highest BCUT2D eigenvalue weighted by molar-refractivity contribution is 6.21. The van der Waals surface area contributed by atoms with Crippen molar-refractivity contribution in [3.63, 3.8) is 0 Å². The van der Waals surface area contributed by atoms with Gasteiger partial charge in [0.25, 0.3) is 0 Å². The Balaban J connectivity index is 1.87. The number of aliphatic imine (C=N–C) groups is 4. The lowest BCUT2D eigenvalue weighted by atomic mass is 10.1. The van der Waals surface area contributed by atoms with Crippen molar-refractivity contribution in [2.45, 2.75) is 39.7 Å². The summed E-state index contributed by atoms with van der Waals surface area (Å²) in [6.07, 6.45) is 9.75. The van der Waals surface area contributed by atoms with Gasteiger partial charge >= 0.3 is 0 Å². The predicted octanol–water partition coefficient (Wildman–Crippen LogP) is 2.52. The molecule has 20 heavy (non-hydrogen) atoms. The third kappa shape index (κ3) is 3.98. The maximum absolute atomic E-state index is 4.50. The number of amidine groups is 2. The molecule has 0 bridgehead atoms. The fourth-order valence-electron chi connectivity index (χ4n) is 1.96. The van der Waals surface area contributed by atoms with Gasteiger partial charge in [-0.15, -0.1) is 0 Å². The van der Waals surface area contributed by atoms with Crippen LogP contribution in [0.3, 0.4) is 0 Å². The van der Waals surface area contributed by atoms with Crippen LogP contribution in [0.2, 0.25) is 0 Å². The summed E-state index contributed by atoms with van der Waals surface area (Å²) in [4.78, 5) is 17.1. The lowest BCUT2D eigenvalue weighted by Crippen LogP contribution is -2.40. The largest absolute Gasteiger partial charge is 0.332 e. The fraction of sp³-hybridized carbons (Fsp3) is 0.467. The van der Waals surface area contributed by atoms with E-state index in [2.05, 4.69) is 58.2 Å². The molecule has 2 aliphatic rings. The number of hydrogen-bond donors (Lipinski definition) is 1. The Morgan fingerprint density at radius 1 is 1.35 bits per heavy atom. The molecule has 5 nitrogen and oxygen atoms in total. The number of hydrogen-bond acceptors (Lipinski definition) is 4. The van der Waals surface area contributed by atoms with E-state index in [0.717, 1.165) is 24.5 Å². The van der Waals surface area contributed by atoms with E-state index in [9.17, 15) is 0 Å². The summed E-state index contributed by atoms with van der Waals surface area (Å²) in [6, 6.07) is -0.139. The smallest absolute Gasteiger partial charge is 0.168 e. The second kappa shape index (κ2) is 6.93. The second-order valence-electron chi connectivity index (χ2n) is 5.15. The van der Waals surface area contributed by atoms with Gasteiger partial charge in [0, 0.05) is 0 Å². The van der Waals surface area contributed by atoms with E-state index in [0.29, 0.717) is 6.54 Å². The van der Waals surface area contributed by atoms with Crippen molar-refractivity contribution in [1.82, 2.24) is 5.32 Å². The molecule has 1 atom stereocenters. The molecule has 0 fully saturated rings. The molecule has 0 aromatic heterocycles. The van der Waals surface area contributed by atoms with Crippen molar-refractivity contribution >= 4 is 24.3 Å². The Kier molecular flexibility index (Phi) is 4.98. The zero-order chi connectivity index (χ0) is 14.4. The zero-order valence-corrected chi connectivity index (χ0v) is 12.3. The lowest BCUT2D eigenvalue weighted by molar-refractivity contribution is 0.954. The quantitative estimate of drug-likeness (QED) is 0.767. The highest BCUT2D eigenvalue weighted by Crippen LogP contribution is 2.09. The van der Waals surface area contributed by atoms with Gasteiger partial charge in [-0.3, -0.25) is 9.98 Å². The van der Waals surface area contributed by atoms with Crippen molar-refractivity contribution in [3.8, 4) is 0 Å². The number of nitrogens with one attached hydrogen (secondary N) is 1. The Labute approximate surface area is 120 Å². The maximum atomic E-state index is 4.50. The average molecular weight is 271 g/mol. The molecule has 0 amide bonds. The molecular weight excluding hydrogens is 250 g/mol. The molecule has 0 saturated carbocycles. The molecule has 0 aliphatic carbocycles. The Hall–Kier alpha value is -2.04. The molecule has 0 aromatic rings. The molecule has 2 heterocycles. The van der Waals surface area contributed by atoms with E-state index >= 15 is 0 Å². The topological polar surface area (TPSA) is 61.5 Å². The molecular formula is C15H21N5. The van der Waals surface area contributed by atoms with E-state index in [1.165, 1.54) is 11.1 Å². The zero-order valence-electron chi connectivity index (χ0n) is 12.3. The highest BCUT2D eigenvalue weighted by atomic mass is 15.2. The van der Waals surface area contributed by atoms with Crippen LogP contribution in [0.1, 0.15) is 33.6 Å². The number of nitrogens with zero attached hydrogens (tertiary/aromatic N) is 4. The Morgan fingerprint density at radius 2 is 2.20 bits per heavy atom. The standard InChI is InChI=1S/C15H21N5/c1-11(2)5-4-6-12(3)7-8-16-14-13-15(18-9-17-13)20-10-19-14/h5,7,9-10,13H,4,6,8H2,1-3H3,(H,16,17,18,19,20)/b12-7+. The summed E-state index contributed by atoms with van der Waals surface area (Å²) in [6.45, 7) is 7.04. The lowest BCUT2D eigenvalue weighted by Gasteiger charge is -2.14. The van der Waals surface area contributed by atoms with Crippen LogP contribution in [-0.2, 0) is 0 Å². The third-order valence-corrected chi connectivity index (χ3v) is 3.11. The molecule has 106 valence electrons. The number of fused-ring (bicyclic) bond motifs is 1. The van der Waals surface area contributed by atoms with Gasteiger partial charge in [0.2, 0.25) is 0 Å². The summed E-state index contributed by atoms with van der Waals surface area (Å²) >= 11 is 0. The van der Waals surface area contributed by atoms with Gasteiger partial charge < -0.3 is 5.32 Å². The third-order valence-electron chi connectivity index (χ3n) is 3.11. The normalized spacial score (nSPS) is 22.6. The summed E-state index contributed by atoms with van der Waals surface area (Å²) in [7, 11) is 0. The van der Waals surface area contributed by atoms with E-state index < -0.39 is 0 Å². The van der Waals surface area contributed by atoms with Gasteiger partial charge in [0.1, 0.15) is 12.2 Å². The monoisotopic (exact) mass is 271 g/mol. The predicted molar refractivity (Wildman–Crippen MR) is 86.1 cm³/mol. The van der Waals surface area contributed by atoms with Gasteiger partial charge in [-0.2, -0.15) is 0 Å². The number of allylic oxidation sites excluding steroid dienone is 3. The minimum Gasteiger partial charge on any atom is -0.332 e. The summed E-state index contributed by atoms with van der Waals surface area (Å²) < 4.78 is 0. The average Bonchev–Trinajstić information content (AvgIpc) is 2.87. The van der Waals surface area contributed by atoms with Crippen molar-refractivity contribution in [2.75, 3.05) is 6.54 Å². The molecule has 1 unspecified atom stereocenters. The van der Waals surface area contributed by atoms with Crippen molar-refractivity contribution < 1.29 is 0 Å². The molecule has 0 saturated heterocycles. The minimum atomic E-state index is -0.139. The molecule has 1 N–H and O–H groups in total. The molecule has 0 radical (unpaired) electrons. The van der Waals surface area contributed by atoms with E-state index in [1.807, 2.05) is 0 Å². The Morgan fingerprint density at radius 3 is 3.00 bits per heavy atom. The van der Waals surface area contributed by atoms with E-state index in [1.54, 1.807) is 12.7 Å². The van der Waals surface area contributed by atoms with Crippen molar-refractivity contribution in [1.29, 1.82) is 0 Å². The first-order chi connectivity index (χ1) is 9.66. The fourth-order valence-corrected chi connectivity index (χ4v) is 1.96. The number of rotatable bonds is 5. The van der Waals surface area contributed by atoms with Crippen molar-refractivity contribution in [3.05, 3.63) is 23.3 Å². The van der Waals surface area contributed by atoms with Crippen LogP contribution >= 0.6 is 0 Å². The van der Waals surface area contributed by atoms with E-state index in [-0.39, 0.29) is 6.04 Å². The first-order valence-electron chi connectivity index (χ1n) is 6.88. The molecule has 0 spiro atoms. The van der Waals surface area contributed by atoms with Crippen LogP contribution in [-0.4, -0.2) is 36.9 Å². The summed E-state index contributed by atoms with van der Waals surface area (Å²) in [5.41, 5.74) is 2.72. The first kappa shape index (κ1) is 14.4. The molecule has 2 aliphatic heterocycles. The SMILES string of the molecule is CC(C)=CCC/C(C)=C/CN=C1N=CNC2=NC=NC12. The van der Waals surface area contributed by atoms with Gasteiger partial charge in [-0.25, -0.2) is 9.98 Å². The highest BCUT2D eigenvalue weighted by Gasteiger charge is 2.25. The second-order valence-corrected chi connectivity index (χ2v) is 5.15. The van der Waals surface area contributed by atoms with Gasteiger partial charge in [-0.05, 0) is 33.6 Å². The van der Waals surface area contributed by atoms with Gasteiger partial charge in [0.05, 0.1) is 12.9 Å². The van der Waals surface area contributed by atoms with Crippen LogP contribution in [0.5, 0.6) is 0 Å². The summed E-state index contributed by atoms with van der Waals surface area (Å²) in [5, 5.41) is 2.98. The van der Waals surface area contributed by atoms with Gasteiger partial charge in [-0.1, -0.05) is 23.3 Å². The van der Waals surface area contributed by atoms with Crippen LogP contribution in [0.15, 0.2) is 43.3 Å². The molecule has 2 rings (SSSR count). The van der Waals surface area contributed by atoms with Crippen molar-refractivity contribution in [2.24, 2.45) is 20.0 Å². The molecule has 5 heteroatoms. The van der Waals surface area contributed by atoms with Gasteiger partial charge in [0.15, 0.2) is 11.9 Å². The van der Waals surface area contributed by atoms with Crippen LogP contribution < -0.4 is 5.32 Å². The van der Waals surface area contributed by atoms with Crippen LogP contribution in [0, 0.1) is 0 Å². The summed E-state index contributed by atoms with van der Waals surface area (Å²) in [5.74, 6) is 1.53. The van der Waals surface area contributed by atoms with Crippen LogP contribution in [0.4, 0.5) is 0 Å².